The molecule has 0 aromatic heterocycles. The van der Waals surface area contributed by atoms with Crippen molar-refractivity contribution in [3.63, 3.8) is 0 Å². The molecule has 4 nitrogen and oxygen atoms in total. The summed E-state index contributed by atoms with van der Waals surface area (Å²) in [4.78, 5) is 21.5. The Balaban J connectivity index is 0.000000450. The van der Waals surface area contributed by atoms with Crippen LogP contribution in [0.1, 0.15) is 26.7 Å². The maximum absolute atomic E-state index is 11.3. The maximum atomic E-state index is 11.3. The molecule has 1 heterocycles. The summed E-state index contributed by atoms with van der Waals surface area (Å²) >= 11 is 0. The molecule has 0 aliphatic carbocycles. The minimum atomic E-state index is -0.250. The number of benzene rings is 1. The highest BCUT2D eigenvalue weighted by Crippen LogP contribution is 2.19. The smallest absolute Gasteiger partial charge is 0.290 e. The van der Waals surface area contributed by atoms with Crippen molar-refractivity contribution in [1.29, 1.82) is 0 Å². The largest absolute Gasteiger partial charge is 0.483 e. The van der Waals surface area contributed by atoms with Crippen LogP contribution in [0.5, 0.6) is 0 Å². The van der Waals surface area contributed by atoms with E-state index in [0.29, 0.717) is 6.42 Å². The molecule has 1 aromatic rings. The third-order valence-corrected chi connectivity index (χ3v) is 2.14. The average molecular weight is 237 g/mol. The molecule has 1 N–H and O–H groups in total. The number of para-hydroxylation sites is 1. The van der Waals surface area contributed by atoms with Gasteiger partial charge in [0, 0.05) is 18.7 Å². The number of carboxylic acid groups (broad SMARTS) is 1. The van der Waals surface area contributed by atoms with Crippen molar-refractivity contribution in [3.05, 3.63) is 30.3 Å². The second-order valence-electron chi connectivity index (χ2n) is 3.09. The van der Waals surface area contributed by atoms with Crippen molar-refractivity contribution in [1.82, 2.24) is 0 Å². The van der Waals surface area contributed by atoms with Gasteiger partial charge < -0.3 is 10.0 Å². The van der Waals surface area contributed by atoms with Crippen LogP contribution in [0.3, 0.4) is 0 Å². The molecule has 1 aromatic carbocycles. The first-order chi connectivity index (χ1) is 8.29. The van der Waals surface area contributed by atoms with Gasteiger partial charge in [-0.2, -0.15) is 0 Å². The quantitative estimate of drug-likeness (QED) is 0.763. The molecular weight excluding hydrogens is 218 g/mol. The van der Waals surface area contributed by atoms with E-state index >= 15 is 0 Å². The van der Waals surface area contributed by atoms with E-state index in [1.807, 2.05) is 49.1 Å². The molecule has 0 unspecified atom stereocenters. The number of carbonyl (C=O) groups excluding carboxylic acids is 1. The van der Waals surface area contributed by atoms with E-state index in [1.54, 1.807) is 0 Å². The zero-order valence-electron chi connectivity index (χ0n) is 10.3. The summed E-state index contributed by atoms with van der Waals surface area (Å²) in [5, 5.41) is 6.89. The fourth-order valence-corrected chi connectivity index (χ4v) is 1.53. The van der Waals surface area contributed by atoms with Gasteiger partial charge in [-0.3, -0.25) is 9.59 Å². The van der Waals surface area contributed by atoms with E-state index in [1.165, 1.54) is 0 Å². The summed E-state index contributed by atoms with van der Waals surface area (Å²) in [5.74, 6) is 0.251. The lowest BCUT2D eigenvalue weighted by Crippen LogP contribution is -2.23. The number of nitrogens with zero attached hydrogens (tertiary/aromatic N) is 1. The summed E-state index contributed by atoms with van der Waals surface area (Å²) in [7, 11) is 0. The minimum Gasteiger partial charge on any atom is -0.483 e. The normalized spacial score (nSPS) is 13.1. The number of hydrogen-bond acceptors (Lipinski definition) is 2. The van der Waals surface area contributed by atoms with Gasteiger partial charge in [0.05, 0.1) is 0 Å². The Morgan fingerprint density at radius 1 is 1.24 bits per heavy atom. The van der Waals surface area contributed by atoms with Crippen LogP contribution in [0, 0.1) is 0 Å². The second-order valence-corrected chi connectivity index (χ2v) is 3.09. The lowest BCUT2D eigenvalue weighted by Gasteiger charge is -2.14. The molecule has 0 bridgehead atoms. The lowest BCUT2D eigenvalue weighted by molar-refractivity contribution is -0.123. The van der Waals surface area contributed by atoms with Gasteiger partial charge in [-0.25, -0.2) is 0 Å². The summed E-state index contributed by atoms with van der Waals surface area (Å²) < 4.78 is 0. The average Bonchev–Trinajstić information content (AvgIpc) is 2.80. The third kappa shape index (κ3) is 5.15. The summed E-state index contributed by atoms with van der Waals surface area (Å²) in [5.41, 5.74) is 1.03. The van der Waals surface area contributed by atoms with Crippen LogP contribution in [-0.4, -0.2) is 24.0 Å². The first-order valence-electron chi connectivity index (χ1n) is 5.73. The highest BCUT2D eigenvalue weighted by atomic mass is 16.3. The number of carbonyl (C=O) groups is 2. The van der Waals surface area contributed by atoms with Gasteiger partial charge >= 0.3 is 0 Å². The Morgan fingerprint density at radius 2 is 1.76 bits per heavy atom. The van der Waals surface area contributed by atoms with Crippen LogP contribution in [0.15, 0.2) is 30.3 Å². The predicted molar refractivity (Wildman–Crippen MR) is 68.1 cm³/mol. The maximum Gasteiger partial charge on any atom is 0.290 e. The molecule has 1 amide bonds. The number of amides is 1. The number of hydrogen-bond donors (Lipinski definition) is 1. The Bertz CT molecular complexity index is 325. The zero-order valence-corrected chi connectivity index (χ0v) is 10.3. The molecule has 94 valence electrons. The van der Waals surface area contributed by atoms with Gasteiger partial charge in [0.2, 0.25) is 5.91 Å². The highest BCUT2D eigenvalue weighted by Gasteiger charge is 2.20. The fraction of sp³-hybridized carbons (Fsp3) is 0.385. The van der Waals surface area contributed by atoms with Gasteiger partial charge in [0.1, 0.15) is 0 Å². The summed E-state index contributed by atoms with van der Waals surface area (Å²) in [6.45, 7) is 4.63. The van der Waals surface area contributed by atoms with Gasteiger partial charge in [0.15, 0.2) is 0 Å². The Kier molecular flexibility index (Phi) is 8.37. The lowest BCUT2D eigenvalue weighted by atomic mass is 10.3. The van der Waals surface area contributed by atoms with E-state index in [2.05, 4.69) is 0 Å². The molecule has 0 radical (unpaired) electrons. The minimum absolute atomic E-state index is 0.250. The first-order valence-corrected chi connectivity index (χ1v) is 5.73. The molecule has 17 heavy (non-hydrogen) atoms. The Hall–Kier alpha value is -1.84. The van der Waals surface area contributed by atoms with Gasteiger partial charge in [-0.05, 0) is 18.6 Å². The van der Waals surface area contributed by atoms with Crippen molar-refractivity contribution in [3.8, 4) is 0 Å². The Labute approximate surface area is 102 Å². The molecule has 0 atom stereocenters. The van der Waals surface area contributed by atoms with Gasteiger partial charge in [-0.1, -0.05) is 32.0 Å². The first kappa shape index (κ1) is 15.2. The second kappa shape index (κ2) is 9.39. The van der Waals surface area contributed by atoms with Crippen molar-refractivity contribution in [2.45, 2.75) is 26.7 Å². The molecule has 1 fully saturated rings. The van der Waals surface area contributed by atoms with Crippen molar-refractivity contribution in [2.24, 2.45) is 0 Å². The molecule has 1 aliphatic heterocycles. The predicted octanol–water partition coefficient (Wildman–Crippen LogP) is 2.54. The topological polar surface area (TPSA) is 57.6 Å². The molecule has 4 heteroatoms. The SMILES string of the molecule is CC.O=C1CCCN1c1ccccc1.O=CO. The zero-order chi connectivity index (χ0) is 13.1. The van der Waals surface area contributed by atoms with Crippen LogP contribution in [0.25, 0.3) is 0 Å². The molecular formula is C13H19NO3. The molecule has 2 rings (SSSR count). The van der Waals surface area contributed by atoms with Crippen molar-refractivity contribution < 1.29 is 14.7 Å². The molecule has 0 spiro atoms. The Morgan fingerprint density at radius 3 is 2.18 bits per heavy atom. The van der Waals surface area contributed by atoms with E-state index in [-0.39, 0.29) is 12.4 Å². The summed E-state index contributed by atoms with van der Waals surface area (Å²) in [6, 6.07) is 9.83. The van der Waals surface area contributed by atoms with E-state index in [0.717, 1.165) is 18.7 Å². The van der Waals surface area contributed by atoms with E-state index in [4.69, 9.17) is 9.90 Å². The molecule has 0 saturated carbocycles. The van der Waals surface area contributed by atoms with Gasteiger partial charge in [-0.15, -0.1) is 0 Å². The van der Waals surface area contributed by atoms with Crippen molar-refractivity contribution >= 4 is 18.1 Å². The molecule has 1 saturated heterocycles. The number of rotatable bonds is 1. The molecule has 1 aliphatic rings. The van der Waals surface area contributed by atoms with Crippen LogP contribution < -0.4 is 4.90 Å². The van der Waals surface area contributed by atoms with E-state index in [9.17, 15) is 4.79 Å². The van der Waals surface area contributed by atoms with Crippen LogP contribution in [0.4, 0.5) is 5.69 Å². The highest BCUT2D eigenvalue weighted by molar-refractivity contribution is 5.95. The standard InChI is InChI=1S/C10H11NO.C2H6.CH2O2/c12-10-7-4-8-11(10)9-5-2-1-3-6-9;1-2;2-1-3/h1-3,5-6H,4,7-8H2;1-2H3;1H,(H,2,3). The van der Waals surface area contributed by atoms with Crippen LogP contribution in [-0.2, 0) is 9.59 Å². The summed E-state index contributed by atoms with van der Waals surface area (Å²) in [6.07, 6.45) is 1.70. The third-order valence-electron chi connectivity index (χ3n) is 2.14. The van der Waals surface area contributed by atoms with Crippen LogP contribution in [0.2, 0.25) is 0 Å². The van der Waals surface area contributed by atoms with Crippen molar-refractivity contribution in [2.75, 3.05) is 11.4 Å². The van der Waals surface area contributed by atoms with Crippen LogP contribution >= 0.6 is 0 Å². The monoisotopic (exact) mass is 237 g/mol. The van der Waals surface area contributed by atoms with E-state index < -0.39 is 0 Å². The fourth-order valence-electron chi connectivity index (χ4n) is 1.53. The van der Waals surface area contributed by atoms with Gasteiger partial charge in [0.25, 0.3) is 6.47 Å². The number of anilines is 1.